The van der Waals surface area contributed by atoms with E-state index in [1.165, 1.54) is 11.6 Å². The Hall–Kier alpha value is -1.79. The molecule has 2 aromatic rings. The van der Waals surface area contributed by atoms with Gasteiger partial charge in [-0.15, -0.1) is 11.3 Å². The van der Waals surface area contributed by atoms with Crippen LogP contribution in [-0.2, 0) is 47.4 Å². The number of thiophene rings is 1. The van der Waals surface area contributed by atoms with E-state index in [-0.39, 0.29) is 12.1 Å². The molecule has 1 fully saturated rings. The Morgan fingerprint density at radius 3 is 2.69 bits per heavy atom. The van der Waals surface area contributed by atoms with Crippen molar-refractivity contribution in [2.75, 3.05) is 19.7 Å². The predicted octanol–water partition coefficient (Wildman–Crippen LogP) is 2.47. The van der Waals surface area contributed by atoms with Gasteiger partial charge in [0.1, 0.15) is 16.1 Å². The first-order valence-corrected chi connectivity index (χ1v) is 11.3. The van der Waals surface area contributed by atoms with Crippen LogP contribution in [0, 0.1) is 0 Å². The molecular weight excluding hydrogens is 447 g/mol. The van der Waals surface area contributed by atoms with E-state index in [9.17, 15) is 28.2 Å². The van der Waals surface area contributed by atoms with Crippen LogP contribution in [0.4, 0.5) is 13.2 Å². The van der Waals surface area contributed by atoms with Gasteiger partial charge in [0.05, 0.1) is 26.0 Å². The SMILES string of the molecule is CC(O)(C=O)Cn1cc(CN2CCC3(CC2)OCCc2c3sc(C(F)(F)F)c2CO)cn1. The van der Waals surface area contributed by atoms with Crippen molar-refractivity contribution in [3.05, 3.63) is 38.8 Å². The normalized spacial score (nSPS) is 20.8. The number of aliphatic hydroxyl groups excluding tert-OH is 1. The van der Waals surface area contributed by atoms with Gasteiger partial charge in [-0.1, -0.05) is 0 Å². The number of hydrogen-bond acceptors (Lipinski definition) is 7. The third kappa shape index (κ3) is 4.49. The van der Waals surface area contributed by atoms with Crippen molar-refractivity contribution < 1.29 is 32.9 Å². The second-order valence-corrected chi connectivity index (χ2v) is 9.78. The van der Waals surface area contributed by atoms with Gasteiger partial charge in [-0.25, -0.2) is 0 Å². The zero-order valence-corrected chi connectivity index (χ0v) is 18.5. The topological polar surface area (TPSA) is 87.8 Å². The number of fused-ring (bicyclic) bond motifs is 2. The van der Waals surface area contributed by atoms with E-state index in [2.05, 4.69) is 10.00 Å². The zero-order valence-electron chi connectivity index (χ0n) is 17.7. The van der Waals surface area contributed by atoms with Crippen molar-refractivity contribution >= 4 is 17.6 Å². The standard InChI is InChI=1S/C21H26F3N3O4S/c1-19(30,13-29)12-27-10-14(8-25-27)9-26-5-3-20(4-6-26)17-15(2-7-31-20)16(11-28)18(32-17)21(22,23)24/h8,10,13,28,30H,2-7,9,11-12H2,1H3. The maximum Gasteiger partial charge on any atom is 0.425 e. The van der Waals surface area contributed by atoms with E-state index in [1.54, 1.807) is 12.4 Å². The molecule has 0 aliphatic carbocycles. The lowest BCUT2D eigenvalue weighted by Crippen LogP contribution is -2.45. The average molecular weight is 474 g/mol. The summed E-state index contributed by atoms with van der Waals surface area (Å²) in [5.41, 5.74) is -0.699. The van der Waals surface area contributed by atoms with E-state index in [0.717, 1.165) is 16.9 Å². The molecule has 4 heterocycles. The van der Waals surface area contributed by atoms with Crippen LogP contribution < -0.4 is 0 Å². The number of ether oxygens (including phenoxy) is 1. The van der Waals surface area contributed by atoms with Gasteiger partial charge in [-0.2, -0.15) is 18.3 Å². The van der Waals surface area contributed by atoms with Gasteiger partial charge in [0.15, 0.2) is 6.29 Å². The molecule has 176 valence electrons. The maximum absolute atomic E-state index is 13.5. The van der Waals surface area contributed by atoms with E-state index < -0.39 is 28.9 Å². The van der Waals surface area contributed by atoms with Gasteiger partial charge in [0, 0.05) is 41.8 Å². The first-order chi connectivity index (χ1) is 15.1. The molecule has 4 rings (SSSR count). The number of piperidine rings is 1. The smallest absolute Gasteiger partial charge is 0.392 e. The number of alkyl halides is 3. The summed E-state index contributed by atoms with van der Waals surface area (Å²) in [6.07, 6.45) is 0.966. The summed E-state index contributed by atoms with van der Waals surface area (Å²) in [6.45, 7) is 3.09. The van der Waals surface area contributed by atoms with Crippen molar-refractivity contribution in [3.63, 3.8) is 0 Å². The lowest BCUT2D eigenvalue weighted by molar-refractivity contribution is -0.135. The van der Waals surface area contributed by atoms with Crippen LogP contribution in [-0.4, -0.2) is 56.5 Å². The third-order valence-corrected chi connectivity index (χ3v) is 7.67. The highest BCUT2D eigenvalue weighted by Gasteiger charge is 2.47. The number of rotatable bonds is 6. The van der Waals surface area contributed by atoms with Crippen LogP contribution in [0.1, 0.15) is 46.2 Å². The molecular formula is C21H26F3N3O4S. The van der Waals surface area contributed by atoms with Crippen LogP contribution >= 0.6 is 11.3 Å². The number of aromatic nitrogens is 2. The highest BCUT2D eigenvalue weighted by molar-refractivity contribution is 7.12. The van der Waals surface area contributed by atoms with Gasteiger partial charge < -0.3 is 19.7 Å². The summed E-state index contributed by atoms with van der Waals surface area (Å²) >= 11 is 0.721. The van der Waals surface area contributed by atoms with Crippen LogP contribution in [0.15, 0.2) is 12.4 Å². The van der Waals surface area contributed by atoms with Gasteiger partial charge in [0.25, 0.3) is 0 Å². The molecule has 0 amide bonds. The fourth-order valence-electron chi connectivity index (χ4n) is 4.58. The fraction of sp³-hybridized carbons (Fsp3) is 0.619. The maximum atomic E-state index is 13.5. The Kier molecular flexibility index (Phi) is 6.23. The summed E-state index contributed by atoms with van der Waals surface area (Å²) in [6, 6.07) is 0. The molecule has 1 atom stereocenters. The minimum absolute atomic E-state index is 0.00114. The zero-order chi connectivity index (χ0) is 23.1. The van der Waals surface area contributed by atoms with Gasteiger partial charge in [0.2, 0.25) is 0 Å². The molecule has 2 aromatic heterocycles. The summed E-state index contributed by atoms with van der Waals surface area (Å²) < 4.78 is 48.2. The number of carbonyl (C=O) groups excluding carboxylic acids is 1. The van der Waals surface area contributed by atoms with Crippen LogP contribution in [0.5, 0.6) is 0 Å². The Balaban J connectivity index is 1.46. The largest absolute Gasteiger partial charge is 0.425 e. The van der Waals surface area contributed by atoms with Crippen molar-refractivity contribution in [1.29, 1.82) is 0 Å². The molecule has 7 nitrogen and oxygen atoms in total. The summed E-state index contributed by atoms with van der Waals surface area (Å²) in [7, 11) is 0. The number of halogens is 3. The average Bonchev–Trinajstić information content (AvgIpc) is 3.34. The quantitative estimate of drug-likeness (QED) is 0.627. The molecule has 0 bridgehead atoms. The number of likely N-dealkylation sites (tertiary alicyclic amines) is 1. The molecule has 2 N–H and O–H groups in total. The molecule has 1 unspecified atom stereocenters. The third-order valence-electron chi connectivity index (χ3n) is 6.17. The van der Waals surface area contributed by atoms with Gasteiger partial charge in [-0.3, -0.25) is 9.58 Å². The van der Waals surface area contributed by atoms with Crippen molar-refractivity contribution in [2.45, 2.75) is 63.3 Å². The molecule has 0 saturated carbocycles. The second kappa shape index (κ2) is 8.53. The number of carbonyl (C=O) groups is 1. The summed E-state index contributed by atoms with van der Waals surface area (Å²) in [4.78, 5) is 13.0. The number of nitrogens with zero attached hydrogens (tertiary/aromatic N) is 3. The minimum Gasteiger partial charge on any atom is -0.392 e. The highest BCUT2D eigenvalue weighted by atomic mass is 32.1. The van der Waals surface area contributed by atoms with Crippen molar-refractivity contribution in [2.24, 2.45) is 0 Å². The molecule has 1 saturated heterocycles. The molecule has 0 radical (unpaired) electrons. The lowest BCUT2D eigenvalue weighted by atomic mass is 9.84. The van der Waals surface area contributed by atoms with Crippen LogP contribution in [0.3, 0.4) is 0 Å². The van der Waals surface area contributed by atoms with Crippen LogP contribution in [0.2, 0.25) is 0 Å². The Labute approximate surface area is 187 Å². The van der Waals surface area contributed by atoms with Crippen molar-refractivity contribution in [1.82, 2.24) is 14.7 Å². The Morgan fingerprint density at radius 1 is 1.34 bits per heavy atom. The monoisotopic (exact) mass is 473 g/mol. The Bertz CT molecular complexity index is 978. The van der Waals surface area contributed by atoms with E-state index in [1.807, 2.05) is 0 Å². The first-order valence-electron chi connectivity index (χ1n) is 10.5. The molecule has 2 aliphatic heterocycles. The molecule has 0 aromatic carbocycles. The first kappa shape index (κ1) is 23.4. The summed E-state index contributed by atoms with van der Waals surface area (Å²) in [5, 5.41) is 23.7. The van der Waals surface area contributed by atoms with E-state index >= 15 is 0 Å². The number of aliphatic hydroxyl groups is 2. The van der Waals surface area contributed by atoms with E-state index in [4.69, 9.17) is 4.74 Å². The summed E-state index contributed by atoms with van der Waals surface area (Å²) in [5.74, 6) is 0. The second-order valence-electron chi connectivity index (χ2n) is 8.76. The molecule has 11 heteroatoms. The van der Waals surface area contributed by atoms with E-state index in [0.29, 0.717) is 62.2 Å². The number of hydrogen-bond donors (Lipinski definition) is 2. The van der Waals surface area contributed by atoms with Crippen molar-refractivity contribution in [3.8, 4) is 0 Å². The molecule has 2 aliphatic rings. The lowest BCUT2D eigenvalue weighted by Gasteiger charge is -2.43. The highest BCUT2D eigenvalue weighted by Crippen LogP contribution is 2.50. The van der Waals surface area contributed by atoms with Crippen LogP contribution in [0.25, 0.3) is 0 Å². The predicted molar refractivity (Wildman–Crippen MR) is 110 cm³/mol. The number of aldehydes is 1. The Morgan fingerprint density at radius 2 is 2.06 bits per heavy atom. The fourth-order valence-corrected chi connectivity index (χ4v) is 6.01. The van der Waals surface area contributed by atoms with Gasteiger partial charge >= 0.3 is 6.18 Å². The molecule has 1 spiro atoms. The molecule has 32 heavy (non-hydrogen) atoms. The van der Waals surface area contributed by atoms with Gasteiger partial charge in [-0.05, 0) is 31.7 Å². The minimum atomic E-state index is -4.49.